The molecule has 2 heterocycles. The number of amides is 2. The van der Waals surface area contributed by atoms with Crippen LogP contribution in [0, 0.1) is 23.0 Å². The van der Waals surface area contributed by atoms with Gasteiger partial charge in [0.25, 0.3) is 0 Å². The van der Waals surface area contributed by atoms with Crippen molar-refractivity contribution in [1.82, 2.24) is 5.32 Å². The second-order valence-electron chi connectivity index (χ2n) is 13.3. The lowest BCUT2D eigenvalue weighted by Gasteiger charge is -2.37. The molecule has 0 spiro atoms. The molecule has 2 aliphatic heterocycles. The number of nitrogens with zero attached hydrogens (tertiary/aromatic N) is 3. The van der Waals surface area contributed by atoms with Gasteiger partial charge in [-0.15, -0.1) is 0 Å². The van der Waals surface area contributed by atoms with Crippen molar-refractivity contribution >= 4 is 29.4 Å². The number of rotatable bonds is 14. The van der Waals surface area contributed by atoms with E-state index in [-0.39, 0.29) is 24.1 Å². The molecule has 0 bridgehead atoms. The molecule has 2 amide bonds. The van der Waals surface area contributed by atoms with E-state index in [9.17, 15) is 13.6 Å². The average Bonchev–Trinajstić information content (AvgIpc) is 3.65. The first-order valence-corrected chi connectivity index (χ1v) is 18.0. The Kier molecular flexibility index (Phi) is 12.4. The smallest absolute Gasteiger partial charge is 0.327 e. The van der Waals surface area contributed by atoms with Crippen molar-refractivity contribution in [1.29, 1.82) is 5.41 Å². The van der Waals surface area contributed by atoms with Crippen molar-refractivity contribution in [2.24, 2.45) is 5.92 Å². The molecule has 52 heavy (non-hydrogen) atoms. The summed E-state index contributed by atoms with van der Waals surface area (Å²) in [5.74, 6) is -0.287. The van der Waals surface area contributed by atoms with Crippen molar-refractivity contribution in [2.45, 2.75) is 51.5 Å². The molecule has 4 aromatic rings. The first-order valence-electron chi connectivity index (χ1n) is 18.0. The minimum atomic E-state index is -0.594. The predicted octanol–water partition coefficient (Wildman–Crippen LogP) is 7.95. The van der Waals surface area contributed by atoms with Gasteiger partial charge in [-0.2, -0.15) is 0 Å². The summed E-state index contributed by atoms with van der Waals surface area (Å²) < 4.78 is 45.4. The van der Waals surface area contributed by atoms with Crippen LogP contribution >= 0.6 is 0 Å². The van der Waals surface area contributed by atoms with E-state index in [1.54, 1.807) is 0 Å². The van der Waals surface area contributed by atoms with Gasteiger partial charge in [-0.05, 0) is 79.9 Å². The van der Waals surface area contributed by atoms with Gasteiger partial charge in [0.2, 0.25) is 0 Å². The van der Waals surface area contributed by atoms with Crippen LogP contribution in [0.15, 0.2) is 97.1 Å². The van der Waals surface area contributed by atoms with Crippen molar-refractivity contribution in [3.63, 3.8) is 0 Å². The number of carbonyl (C=O) groups excluding carboxylic acids is 1. The monoisotopic (exact) mass is 711 g/mol. The molecular formula is C41H47F2N5O4. The van der Waals surface area contributed by atoms with E-state index in [0.717, 1.165) is 61.3 Å². The number of piperazine rings is 1. The summed E-state index contributed by atoms with van der Waals surface area (Å²) >= 11 is 0. The molecule has 0 aliphatic carbocycles. The number of urea groups is 1. The van der Waals surface area contributed by atoms with Gasteiger partial charge in [0.1, 0.15) is 17.4 Å². The van der Waals surface area contributed by atoms with E-state index in [1.165, 1.54) is 17.0 Å². The number of anilines is 3. The van der Waals surface area contributed by atoms with Gasteiger partial charge in [-0.25, -0.2) is 13.6 Å². The SMILES string of the molecule is CC[C@H](NC(=O)N(C=N)c1ccc(N2CCN(c3ccc(OC[C@@H]4CO[C@@H](c5ccc(F)cc5F)C4)cc3)CC2)cc1)[C@H](C)OCc1ccccc1. The number of carbonyl (C=O) groups is 1. The van der Waals surface area contributed by atoms with E-state index in [2.05, 4.69) is 27.2 Å². The maximum absolute atomic E-state index is 14.2. The molecule has 2 fully saturated rings. The standard InChI is InChI=1S/C41H47F2N5O4/c1-3-39(29(2)50-25-30-7-5-4-6-8-30)45-41(49)48(28-44)35-12-10-33(11-13-35)46-19-21-47(22-20-46)34-14-16-36(17-15-34)51-26-31-23-40(52-27-31)37-18-9-32(42)24-38(37)43/h4-18,24,28-29,31,39-40,44H,3,19-23,25-27H2,1-2H3,(H,45,49)/t29-,31+,39-,40+/m0/s1. The first-order chi connectivity index (χ1) is 25.3. The third kappa shape index (κ3) is 9.26. The molecule has 9 nitrogen and oxygen atoms in total. The van der Waals surface area contributed by atoms with E-state index in [1.807, 2.05) is 80.6 Å². The number of hydrogen-bond donors (Lipinski definition) is 2. The highest BCUT2D eigenvalue weighted by Gasteiger charge is 2.29. The van der Waals surface area contributed by atoms with Crippen LogP contribution in [0.3, 0.4) is 0 Å². The third-order valence-electron chi connectivity index (χ3n) is 9.87. The summed E-state index contributed by atoms with van der Waals surface area (Å²) in [5, 5.41) is 11.0. The lowest BCUT2D eigenvalue weighted by atomic mass is 10.0. The number of halogens is 2. The fourth-order valence-corrected chi connectivity index (χ4v) is 6.75. The molecule has 0 unspecified atom stereocenters. The van der Waals surface area contributed by atoms with Crippen molar-refractivity contribution in [3.8, 4) is 5.75 Å². The van der Waals surface area contributed by atoms with Crippen LogP contribution in [-0.2, 0) is 16.1 Å². The fourth-order valence-electron chi connectivity index (χ4n) is 6.75. The predicted molar refractivity (Wildman–Crippen MR) is 201 cm³/mol. The van der Waals surface area contributed by atoms with Gasteiger partial charge in [0.05, 0.1) is 50.1 Å². The molecule has 4 aromatic carbocycles. The molecule has 6 rings (SSSR count). The number of nitrogens with one attached hydrogen (secondary N) is 2. The minimum absolute atomic E-state index is 0.120. The van der Waals surface area contributed by atoms with Crippen LogP contribution in [0.5, 0.6) is 5.75 Å². The maximum Gasteiger partial charge on any atom is 0.327 e. The topological polar surface area (TPSA) is 90.4 Å². The summed E-state index contributed by atoms with van der Waals surface area (Å²) in [6.07, 6.45) is 1.76. The molecule has 0 saturated carbocycles. The van der Waals surface area contributed by atoms with Crippen LogP contribution in [-0.4, -0.2) is 63.9 Å². The Hall–Kier alpha value is -5.00. The largest absolute Gasteiger partial charge is 0.493 e. The lowest BCUT2D eigenvalue weighted by Crippen LogP contribution is -2.48. The third-order valence-corrected chi connectivity index (χ3v) is 9.87. The molecular weight excluding hydrogens is 664 g/mol. The van der Waals surface area contributed by atoms with Gasteiger partial charge in [-0.3, -0.25) is 10.3 Å². The Bertz CT molecular complexity index is 1750. The zero-order valence-electron chi connectivity index (χ0n) is 29.7. The Morgan fingerprint density at radius 3 is 2.23 bits per heavy atom. The molecule has 4 atom stereocenters. The molecule has 11 heteroatoms. The summed E-state index contributed by atoms with van der Waals surface area (Å²) in [5.41, 5.74) is 4.26. The zero-order valence-corrected chi connectivity index (χ0v) is 29.7. The number of hydrogen-bond acceptors (Lipinski definition) is 7. The van der Waals surface area contributed by atoms with Crippen LogP contribution in [0.4, 0.5) is 30.6 Å². The second-order valence-corrected chi connectivity index (χ2v) is 13.3. The lowest BCUT2D eigenvalue weighted by molar-refractivity contribution is 0.0289. The summed E-state index contributed by atoms with van der Waals surface area (Å²) in [6.45, 7) is 8.72. The first kappa shape index (κ1) is 36.8. The minimum Gasteiger partial charge on any atom is -0.493 e. The fraction of sp³-hybridized carbons (Fsp3) is 0.366. The number of benzene rings is 4. The highest BCUT2D eigenvalue weighted by atomic mass is 19.1. The van der Waals surface area contributed by atoms with Gasteiger partial charge in [0.15, 0.2) is 0 Å². The summed E-state index contributed by atoms with van der Waals surface area (Å²) in [6, 6.07) is 28.8. The zero-order chi connectivity index (χ0) is 36.5. The van der Waals surface area contributed by atoms with Gasteiger partial charge >= 0.3 is 6.03 Å². The van der Waals surface area contributed by atoms with Gasteiger partial charge < -0.3 is 29.3 Å². The van der Waals surface area contributed by atoms with Crippen LogP contribution < -0.4 is 24.8 Å². The highest BCUT2D eigenvalue weighted by Crippen LogP contribution is 2.34. The Morgan fingerprint density at radius 1 is 0.962 bits per heavy atom. The van der Waals surface area contributed by atoms with Gasteiger partial charge in [-0.1, -0.05) is 43.3 Å². The molecule has 2 N–H and O–H groups in total. The van der Waals surface area contributed by atoms with E-state index in [0.29, 0.717) is 43.9 Å². The van der Waals surface area contributed by atoms with Crippen molar-refractivity contribution < 1.29 is 27.8 Å². The molecule has 274 valence electrons. The second kappa shape index (κ2) is 17.5. The van der Waals surface area contributed by atoms with Crippen LogP contribution in [0.25, 0.3) is 0 Å². The Labute approximate surface area is 304 Å². The normalized spacial score (nSPS) is 18.5. The number of ether oxygens (including phenoxy) is 3. The summed E-state index contributed by atoms with van der Waals surface area (Å²) in [4.78, 5) is 19.2. The molecule has 0 radical (unpaired) electrons. The van der Waals surface area contributed by atoms with E-state index >= 15 is 0 Å². The quantitative estimate of drug-likeness (QED) is 0.102. The van der Waals surface area contributed by atoms with Crippen molar-refractivity contribution in [2.75, 3.05) is 54.1 Å². The van der Waals surface area contributed by atoms with Crippen LogP contribution in [0.2, 0.25) is 0 Å². The van der Waals surface area contributed by atoms with Crippen molar-refractivity contribution in [3.05, 3.63) is 120 Å². The summed E-state index contributed by atoms with van der Waals surface area (Å²) in [7, 11) is 0. The van der Waals surface area contributed by atoms with E-state index < -0.39 is 17.7 Å². The maximum atomic E-state index is 14.2. The molecule has 2 aliphatic rings. The average molecular weight is 712 g/mol. The van der Waals surface area contributed by atoms with E-state index in [4.69, 9.17) is 19.6 Å². The highest BCUT2D eigenvalue weighted by molar-refractivity contribution is 6.06. The van der Waals surface area contributed by atoms with Crippen LogP contribution in [0.1, 0.15) is 43.9 Å². The Balaban J connectivity index is 0.945. The Morgan fingerprint density at radius 2 is 1.62 bits per heavy atom. The molecule has 0 aromatic heterocycles. The molecule has 2 saturated heterocycles. The van der Waals surface area contributed by atoms with Gasteiger partial charge in [0, 0.05) is 55.1 Å².